The van der Waals surface area contributed by atoms with E-state index in [0.717, 1.165) is 35.5 Å². The Bertz CT molecular complexity index is 1090. The number of carbonyl (C=O) groups excluding carboxylic acids is 1. The number of ketones is 1. The summed E-state index contributed by atoms with van der Waals surface area (Å²) in [5.74, 6) is 1.16. The molecule has 1 heterocycles. The fourth-order valence-electron chi connectivity index (χ4n) is 3.93. The minimum Gasteiger partial charge on any atom is -0.339 e. The molecular weight excluding hydrogens is 372 g/mol. The summed E-state index contributed by atoms with van der Waals surface area (Å²) >= 11 is 0. The van der Waals surface area contributed by atoms with Gasteiger partial charge in [-0.2, -0.15) is 4.98 Å². The molecule has 0 fully saturated rings. The maximum absolute atomic E-state index is 13.0. The van der Waals surface area contributed by atoms with Gasteiger partial charge >= 0.3 is 0 Å². The highest BCUT2D eigenvalue weighted by molar-refractivity contribution is 6.03. The van der Waals surface area contributed by atoms with Crippen molar-refractivity contribution in [2.45, 2.75) is 47.0 Å². The summed E-state index contributed by atoms with van der Waals surface area (Å²) in [6.07, 6.45) is 2.22. The quantitative estimate of drug-likeness (QED) is 0.551. The predicted octanol–water partition coefficient (Wildman–Crippen LogP) is 5.99. The van der Waals surface area contributed by atoms with Crippen LogP contribution in [0.5, 0.6) is 0 Å². The van der Waals surface area contributed by atoms with E-state index in [1.807, 2.05) is 37.3 Å². The third-order valence-corrected chi connectivity index (χ3v) is 5.45. The first-order valence-corrected chi connectivity index (χ1v) is 10.5. The van der Waals surface area contributed by atoms with Crippen molar-refractivity contribution in [2.75, 3.05) is 10.6 Å². The van der Waals surface area contributed by atoms with Gasteiger partial charge in [0.05, 0.1) is 11.3 Å². The molecule has 5 heteroatoms. The number of nitrogens with zero attached hydrogens (tertiary/aromatic N) is 2. The van der Waals surface area contributed by atoms with Crippen molar-refractivity contribution >= 4 is 28.9 Å². The van der Waals surface area contributed by atoms with Crippen LogP contribution in [0.3, 0.4) is 0 Å². The molecule has 0 amide bonds. The molecule has 1 aliphatic rings. The Morgan fingerprint density at radius 3 is 2.43 bits per heavy atom. The Hall–Kier alpha value is -3.21. The molecule has 0 saturated carbocycles. The van der Waals surface area contributed by atoms with Crippen molar-refractivity contribution < 1.29 is 4.79 Å². The third kappa shape index (κ3) is 4.35. The monoisotopic (exact) mass is 400 g/mol. The van der Waals surface area contributed by atoms with Gasteiger partial charge in [0.1, 0.15) is 5.82 Å². The van der Waals surface area contributed by atoms with Gasteiger partial charge in [-0.25, -0.2) is 4.98 Å². The molecule has 30 heavy (non-hydrogen) atoms. The number of hydrogen-bond acceptors (Lipinski definition) is 5. The average Bonchev–Trinajstić information content (AvgIpc) is 2.67. The summed E-state index contributed by atoms with van der Waals surface area (Å²) < 4.78 is 0. The van der Waals surface area contributed by atoms with E-state index in [4.69, 9.17) is 9.97 Å². The largest absolute Gasteiger partial charge is 0.339 e. The Morgan fingerprint density at radius 2 is 1.73 bits per heavy atom. The van der Waals surface area contributed by atoms with Crippen LogP contribution in [0.25, 0.3) is 0 Å². The summed E-state index contributed by atoms with van der Waals surface area (Å²) in [5.41, 5.74) is 5.56. The first-order valence-electron chi connectivity index (χ1n) is 10.5. The second-order valence-electron chi connectivity index (χ2n) is 8.83. The second kappa shape index (κ2) is 7.90. The number of nitrogens with one attached hydrogen (secondary N) is 2. The smallest absolute Gasteiger partial charge is 0.229 e. The van der Waals surface area contributed by atoms with Crippen LogP contribution in [-0.2, 0) is 12.8 Å². The van der Waals surface area contributed by atoms with E-state index < -0.39 is 0 Å². The Kier molecular flexibility index (Phi) is 5.29. The van der Waals surface area contributed by atoms with Gasteiger partial charge in [-0.3, -0.25) is 4.79 Å². The number of anilines is 4. The molecule has 0 bridgehead atoms. The van der Waals surface area contributed by atoms with Gasteiger partial charge in [0.2, 0.25) is 5.95 Å². The molecule has 4 rings (SSSR count). The molecule has 1 aliphatic carbocycles. The lowest BCUT2D eigenvalue weighted by Gasteiger charge is -2.30. The van der Waals surface area contributed by atoms with Gasteiger partial charge < -0.3 is 10.6 Å². The van der Waals surface area contributed by atoms with E-state index in [-0.39, 0.29) is 11.2 Å². The standard InChI is InChI=1S/C25H28N4O/c1-5-17-9-11-18(12-10-17)26-23-22-20(14-25(3,4)15-21(22)30)28-24(29-23)27-19-8-6-7-16(2)13-19/h6-13H,5,14-15H2,1-4H3,(H2,26,27,28,29). The molecule has 5 nitrogen and oxygen atoms in total. The van der Waals surface area contributed by atoms with Crippen LogP contribution in [0.15, 0.2) is 48.5 Å². The molecule has 0 saturated heterocycles. The predicted molar refractivity (Wildman–Crippen MR) is 122 cm³/mol. The fourth-order valence-corrected chi connectivity index (χ4v) is 3.93. The zero-order valence-electron chi connectivity index (χ0n) is 18.0. The summed E-state index contributed by atoms with van der Waals surface area (Å²) in [6.45, 7) is 8.40. The van der Waals surface area contributed by atoms with Crippen LogP contribution < -0.4 is 10.6 Å². The highest BCUT2D eigenvalue weighted by Gasteiger charge is 2.35. The van der Waals surface area contributed by atoms with Gasteiger partial charge in [0.25, 0.3) is 0 Å². The highest BCUT2D eigenvalue weighted by atomic mass is 16.1. The SMILES string of the molecule is CCc1ccc(Nc2nc(Nc3cccc(C)c3)nc3c2C(=O)CC(C)(C)C3)cc1. The summed E-state index contributed by atoms with van der Waals surface area (Å²) in [4.78, 5) is 22.4. The molecule has 2 aromatic carbocycles. The summed E-state index contributed by atoms with van der Waals surface area (Å²) in [7, 11) is 0. The van der Waals surface area contributed by atoms with Crippen LogP contribution in [0.4, 0.5) is 23.1 Å². The molecule has 0 radical (unpaired) electrons. The maximum atomic E-state index is 13.0. The van der Waals surface area contributed by atoms with Gasteiger partial charge in [-0.1, -0.05) is 45.0 Å². The van der Waals surface area contributed by atoms with E-state index in [1.54, 1.807) is 0 Å². The Morgan fingerprint density at radius 1 is 0.967 bits per heavy atom. The molecule has 0 aliphatic heterocycles. The molecular formula is C25H28N4O. The molecule has 0 unspecified atom stereocenters. The molecule has 2 N–H and O–H groups in total. The Balaban J connectivity index is 1.75. The third-order valence-electron chi connectivity index (χ3n) is 5.45. The zero-order valence-corrected chi connectivity index (χ0v) is 18.0. The lowest BCUT2D eigenvalue weighted by Crippen LogP contribution is -2.29. The van der Waals surface area contributed by atoms with Crippen LogP contribution in [0, 0.1) is 12.3 Å². The first-order chi connectivity index (χ1) is 14.3. The van der Waals surface area contributed by atoms with Crippen molar-refractivity contribution in [1.29, 1.82) is 0 Å². The zero-order chi connectivity index (χ0) is 21.3. The van der Waals surface area contributed by atoms with Crippen molar-refractivity contribution in [1.82, 2.24) is 9.97 Å². The number of rotatable bonds is 5. The number of aryl methyl sites for hydroxylation is 2. The van der Waals surface area contributed by atoms with Crippen molar-refractivity contribution in [3.63, 3.8) is 0 Å². The lowest BCUT2D eigenvalue weighted by atomic mass is 9.75. The molecule has 1 aromatic heterocycles. The van der Waals surface area contributed by atoms with Crippen molar-refractivity contribution in [3.05, 3.63) is 70.9 Å². The minimum atomic E-state index is -0.112. The van der Waals surface area contributed by atoms with Crippen LogP contribution in [0.2, 0.25) is 0 Å². The van der Waals surface area contributed by atoms with E-state index in [2.05, 4.69) is 49.6 Å². The van der Waals surface area contributed by atoms with Gasteiger partial charge in [0, 0.05) is 17.8 Å². The van der Waals surface area contributed by atoms with E-state index in [1.165, 1.54) is 5.56 Å². The molecule has 0 spiro atoms. The van der Waals surface area contributed by atoms with E-state index in [9.17, 15) is 4.79 Å². The average molecular weight is 401 g/mol. The fraction of sp³-hybridized carbons (Fsp3) is 0.320. The summed E-state index contributed by atoms with van der Waals surface area (Å²) in [5, 5.41) is 6.67. The maximum Gasteiger partial charge on any atom is 0.229 e. The second-order valence-corrected chi connectivity index (χ2v) is 8.83. The van der Waals surface area contributed by atoms with Gasteiger partial charge in [-0.05, 0) is 60.6 Å². The number of benzene rings is 2. The normalized spacial score (nSPS) is 14.9. The van der Waals surface area contributed by atoms with Crippen molar-refractivity contribution in [3.8, 4) is 0 Å². The van der Waals surface area contributed by atoms with Gasteiger partial charge in [-0.15, -0.1) is 0 Å². The minimum absolute atomic E-state index is 0.0935. The van der Waals surface area contributed by atoms with Gasteiger partial charge in [0.15, 0.2) is 5.78 Å². The number of Topliss-reactive ketones (excluding diaryl/α,β-unsaturated/α-hetero) is 1. The van der Waals surface area contributed by atoms with E-state index >= 15 is 0 Å². The number of fused-ring (bicyclic) bond motifs is 1. The van der Waals surface area contributed by atoms with E-state index in [0.29, 0.717) is 23.8 Å². The van der Waals surface area contributed by atoms with Crippen LogP contribution >= 0.6 is 0 Å². The number of hydrogen-bond donors (Lipinski definition) is 2. The van der Waals surface area contributed by atoms with Crippen LogP contribution in [0.1, 0.15) is 54.4 Å². The molecule has 0 atom stereocenters. The summed E-state index contributed by atoms with van der Waals surface area (Å²) in [6, 6.07) is 16.3. The highest BCUT2D eigenvalue weighted by Crippen LogP contribution is 2.37. The number of aromatic nitrogens is 2. The first kappa shape index (κ1) is 20.1. The number of carbonyl (C=O) groups is 1. The topological polar surface area (TPSA) is 66.9 Å². The van der Waals surface area contributed by atoms with Crippen molar-refractivity contribution in [2.24, 2.45) is 5.41 Å². The lowest BCUT2D eigenvalue weighted by molar-refractivity contribution is 0.0911. The Labute approximate surface area is 178 Å². The molecule has 154 valence electrons. The molecule has 3 aromatic rings. The van der Waals surface area contributed by atoms with Crippen LogP contribution in [-0.4, -0.2) is 15.8 Å².